The number of thiol groups is 1. The van der Waals surface area contributed by atoms with Crippen molar-refractivity contribution in [2.24, 2.45) is 0 Å². The minimum absolute atomic E-state index is 0.160. The number of aliphatic hydroxyl groups excluding tert-OH is 1. The van der Waals surface area contributed by atoms with Crippen molar-refractivity contribution in [2.75, 3.05) is 5.75 Å². The number of rotatable bonds is 2. The zero-order chi connectivity index (χ0) is 7.56. The zero-order valence-electron chi connectivity index (χ0n) is 5.79. The van der Waals surface area contributed by atoms with E-state index in [1.807, 2.05) is 5.41 Å². The van der Waals surface area contributed by atoms with Gasteiger partial charge in [-0.25, -0.2) is 15.3 Å². The number of aliphatic hydroxyl groups is 1. The molecule has 0 radical (unpaired) electrons. The van der Waals surface area contributed by atoms with E-state index in [9.17, 15) is 4.39 Å². The van der Waals surface area contributed by atoms with Gasteiger partial charge in [0.05, 0.1) is 6.10 Å². The lowest BCUT2D eigenvalue weighted by Crippen LogP contribution is -2.04. The van der Waals surface area contributed by atoms with Crippen LogP contribution in [-0.2, 0) is 0 Å². The number of halogens is 1. The van der Waals surface area contributed by atoms with Crippen molar-refractivity contribution >= 4 is 10.9 Å². The van der Waals surface area contributed by atoms with Crippen molar-refractivity contribution in [2.45, 2.75) is 13.0 Å². The summed E-state index contributed by atoms with van der Waals surface area (Å²) < 4.78 is 12.3. The molecule has 1 aliphatic rings. The van der Waals surface area contributed by atoms with E-state index >= 15 is 0 Å². The van der Waals surface area contributed by atoms with E-state index in [0.29, 0.717) is 5.75 Å². The molecule has 0 saturated carbocycles. The van der Waals surface area contributed by atoms with Crippen LogP contribution in [0, 0.1) is 0 Å². The molecule has 3 heteroatoms. The minimum atomic E-state index is -0.492. The molecule has 10 heavy (non-hydrogen) atoms. The van der Waals surface area contributed by atoms with E-state index in [2.05, 4.69) is 0 Å². The van der Waals surface area contributed by atoms with E-state index in [0.717, 1.165) is 0 Å². The topological polar surface area (TPSA) is 20.2 Å². The van der Waals surface area contributed by atoms with Crippen molar-refractivity contribution in [3.8, 4) is 0 Å². The third-order valence-electron chi connectivity index (χ3n) is 1.19. The second kappa shape index (κ2) is 3.21. The molecular weight excluding hydrogens is 151 g/mol. The molecular formula is C7H11FOS. The highest BCUT2D eigenvalue weighted by Crippen LogP contribution is 2.36. The molecule has 1 rings (SSSR count). The maximum absolute atomic E-state index is 12.3. The van der Waals surface area contributed by atoms with Crippen LogP contribution in [0.2, 0.25) is 0 Å². The predicted molar refractivity (Wildman–Crippen MR) is 43.9 cm³/mol. The second-order valence-electron chi connectivity index (χ2n) is 2.38. The summed E-state index contributed by atoms with van der Waals surface area (Å²) in [5.74, 6) is 0.519. The summed E-state index contributed by atoms with van der Waals surface area (Å²) in [6.07, 6.45) is 1.14. The lowest BCUT2D eigenvalue weighted by atomic mass is 10.5. The van der Waals surface area contributed by atoms with Crippen molar-refractivity contribution in [3.05, 3.63) is 22.7 Å². The average Bonchev–Trinajstić information content (AvgIpc) is 2.13. The number of allylic oxidation sites excluding steroid dienone is 2. The molecule has 0 amide bonds. The molecule has 1 heterocycles. The summed E-state index contributed by atoms with van der Waals surface area (Å²) in [6, 6.07) is 0. The normalized spacial score (nSPS) is 30.3. The highest BCUT2D eigenvalue weighted by Gasteiger charge is 2.07. The highest BCUT2D eigenvalue weighted by molar-refractivity contribution is 8.22. The number of hydrogen-bond acceptors (Lipinski definition) is 1. The van der Waals surface area contributed by atoms with Gasteiger partial charge < -0.3 is 5.11 Å². The summed E-state index contributed by atoms with van der Waals surface area (Å²) in [7, 11) is -0.492. The SMILES string of the molecule is CC(O)C[SH]1C=CC(F)=C1. The van der Waals surface area contributed by atoms with Crippen LogP contribution in [0.4, 0.5) is 4.39 Å². The van der Waals surface area contributed by atoms with E-state index in [1.165, 1.54) is 6.08 Å². The Morgan fingerprint density at radius 3 is 2.90 bits per heavy atom. The fourth-order valence-electron chi connectivity index (χ4n) is 0.830. The van der Waals surface area contributed by atoms with Crippen molar-refractivity contribution in [1.29, 1.82) is 0 Å². The lowest BCUT2D eigenvalue weighted by molar-refractivity contribution is 0.220. The van der Waals surface area contributed by atoms with E-state index < -0.39 is 10.9 Å². The van der Waals surface area contributed by atoms with Gasteiger partial charge in [-0.1, -0.05) is 0 Å². The molecule has 0 bridgehead atoms. The molecule has 0 aromatic carbocycles. The standard InChI is InChI=1S/C7H11FOS/c1-6(9)4-10-3-2-7(8)5-10/h2-3,5-6,9-10H,4H2,1H3. The van der Waals surface area contributed by atoms with Crippen molar-refractivity contribution < 1.29 is 9.50 Å². The Bertz CT molecular complexity index is 174. The minimum Gasteiger partial charge on any atom is -0.393 e. The van der Waals surface area contributed by atoms with Gasteiger partial charge in [0.15, 0.2) is 0 Å². The van der Waals surface area contributed by atoms with Gasteiger partial charge in [0.25, 0.3) is 0 Å². The molecule has 0 aromatic rings. The first kappa shape index (κ1) is 7.82. The molecule has 0 aromatic heterocycles. The lowest BCUT2D eigenvalue weighted by Gasteiger charge is -2.10. The molecule has 1 nitrogen and oxygen atoms in total. The predicted octanol–water partition coefficient (Wildman–Crippen LogP) is 1.71. The Kier molecular flexibility index (Phi) is 2.51. The Morgan fingerprint density at radius 1 is 1.80 bits per heavy atom. The summed E-state index contributed by atoms with van der Waals surface area (Å²) in [5.41, 5.74) is 0. The van der Waals surface area contributed by atoms with Crippen molar-refractivity contribution in [3.63, 3.8) is 0 Å². The van der Waals surface area contributed by atoms with Gasteiger partial charge in [0.1, 0.15) is 5.83 Å². The zero-order valence-corrected chi connectivity index (χ0v) is 6.68. The Morgan fingerprint density at radius 2 is 2.50 bits per heavy atom. The smallest absolute Gasteiger partial charge is 0.128 e. The fourth-order valence-corrected chi connectivity index (χ4v) is 2.49. The van der Waals surface area contributed by atoms with Crippen LogP contribution in [0.15, 0.2) is 22.7 Å². The molecule has 0 spiro atoms. The quantitative estimate of drug-likeness (QED) is 0.592. The fraction of sp³-hybridized carbons (Fsp3) is 0.429. The van der Waals surface area contributed by atoms with Gasteiger partial charge in [0, 0.05) is 5.75 Å². The van der Waals surface area contributed by atoms with Crippen LogP contribution in [0.5, 0.6) is 0 Å². The van der Waals surface area contributed by atoms with E-state index in [4.69, 9.17) is 5.11 Å². The van der Waals surface area contributed by atoms with Gasteiger partial charge in [0.2, 0.25) is 0 Å². The molecule has 1 aliphatic heterocycles. The van der Waals surface area contributed by atoms with Crippen LogP contribution in [0.3, 0.4) is 0 Å². The van der Waals surface area contributed by atoms with E-state index in [1.54, 1.807) is 12.3 Å². The average molecular weight is 162 g/mol. The number of hydrogen-bond donors (Lipinski definition) is 2. The summed E-state index contributed by atoms with van der Waals surface area (Å²) in [6.45, 7) is 1.72. The largest absolute Gasteiger partial charge is 0.393 e. The first-order valence-electron chi connectivity index (χ1n) is 3.18. The van der Waals surface area contributed by atoms with Gasteiger partial charge in [-0.2, -0.15) is 0 Å². The third-order valence-corrected chi connectivity index (χ3v) is 3.25. The molecule has 1 N–H and O–H groups in total. The third kappa shape index (κ3) is 2.15. The Balaban J connectivity index is 2.40. The maximum Gasteiger partial charge on any atom is 0.128 e. The van der Waals surface area contributed by atoms with Crippen LogP contribution >= 0.6 is 10.9 Å². The first-order valence-corrected chi connectivity index (χ1v) is 4.84. The second-order valence-corrected chi connectivity index (χ2v) is 4.33. The van der Waals surface area contributed by atoms with Crippen LogP contribution < -0.4 is 0 Å². The molecule has 0 fully saturated rings. The first-order chi connectivity index (χ1) is 4.68. The van der Waals surface area contributed by atoms with Crippen LogP contribution in [0.1, 0.15) is 6.92 Å². The maximum atomic E-state index is 12.3. The summed E-state index contributed by atoms with van der Waals surface area (Å²) in [5, 5.41) is 12.3. The van der Waals surface area contributed by atoms with Crippen LogP contribution in [0.25, 0.3) is 0 Å². The molecule has 2 atom stereocenters. The monoisotopic (exact) mass is 162 g/mol. The van der Waals surface area contributed by atoms with Crippen LogP contribution in [-0.4, -0.2) is 17.0 Å². The summed E-state index contributed by atoms with van der Waals surface area (Å²) >= 11 is 0. The van der Waals surface area contributed by atoms with E-state index in [-0.39, 0.29) is 11.9 Å². The Hall–Kier alpha value is -0.280. The molecule has 58 valence electrons. The van der Waals surface area contributed by atoms with Gasteiger partial charge in [-0.3, -0.25) is 0 Å². The van der Waals surface area contributed by atoms with Gasteiger partial charge >= 0.3 is 0 Å². The highest BCUT2D eigenvalue weighted by atomic mass is 32.2. The Labute approximate surface area is 62.6 Å². The van der Waals surface area contributed by atoms with Gasteiger partial charge in [-0.05, 0) is 23.8 Å². The summed E-state index contributed by atoms with van der Waals surface area (Å²) in [4.78, 5) is 0. The van der Waals surface area contributed by atoms with Gasteiger partial charge in [-0.15, -0.1) is 0 Å². The molecule has 0 aliphatic carbocycles. The molecule has 0 saturated heterocycles. The molecule has 2 unspecified atom stereocenters. The van der Waals surface area contributed by atoms with Crippen molar-refractivity contribution in [1.82, 2.24) is 0 Å².